The van der Waals surface area contributed by atoms with Gasteiger partial charge in [-0.25, -0.2) is 4.79 Å². The fraction of sp³-hybridized carbons (Fsp3) is 0.235. The average Bonchev–Trinajstić information content (AvgIpc) is 2.59. The molecule has 23 heavy (non-hydrogen) atoms. The molecule has 0 N–H and O–H groups in total. The van der Waals surface area contributed by atoms with Crippen LogP contribution in [0.1, 0.15) is 22.8 Å². The fourth-order valence-electron chi connectivity index (χ4n) is 2.49. The minimum atomic E-state index is -0.576. The van der Waals surface area contributed by atoms with Crippen LogP contribution in [-0.2, 0) is 16.1 Å². The van der Waals surface area contributed by atoms with Crippen molar-refractivity contribution in [1.82, 2.24) is 4.98 Å². The lowest BCUT2D eigenvalue weighted by Crippen LogP contribution is -2.44. The van der Waals surface area contributed by atoms with Crippen LogP contribution in [0.5, 0.6) is 5.75 Å². The Bertz CT molecular complexity index is 746. The number of hydrogen-bond acceptors (Lipinski definition) is 5. The number of methoxy groups -OCH3 is 1. The molecular weight excluding hydrogens is 296 g/mol. The molecule has 0 aliphatic carbocycles. The highest BCUT2D eigenvalue weighted by molar-refractivity contribution is 6.01. The van der Waals surface area contributed by atoms with Crippen molar-refractivity contribution in [3.05, 3.63) is 53.9 Å². The maximum Gasteiger partial charge on any atom is 0.337 e. The second-order valence-electron chi connectivity index (χ2n) is 5.21. The molecule has 0 saturated carbocycles. The number of ether oxygens (including phenoxy) is 2. The van der Waals surface area contributed by atoms with Crippen LogP contribution < -0.4 is 9.64 Å². The summed E-state index contributed by atoms with van der Waals surface area (Å²) in [5, 5.41) is 0. The van der Waals surface area contributed by atoms with E-state index in [1.807, 2.05) is 12.1 Å². The highest BCUT2D eigenvalue weighted by atomic mass is 16.5. The number of carbonyl (C=O) groups excluding carboxylic acids is 2. The Morgan fingerprint density at radius 2 is 2.04 bits per heavy atom. The predicted molar refractivity (Wildman–Crippen MR) is 83.3 cm³/mol. The summed E-state index contributed by atoms with van der Waals surface area (Å²) in [5.41, 5.74) is 1.88. The third kappa shape index (κ3) is 2.88. The number of amides is 1. The summed E-state index contributed by atoms with van der Waals surface area (Å²) in [6.45, 7) is 2.09. The molecule has 118 valence electrons. The van der Waals surface area contributed by atoms with E-state index in [9.17, 15) is 9.59 Å². The molecule has 6 nitrogen and oxygen atoms in total. The monoisotopic (exact) mass is 312 g/mol. The number of nitrogens with zero attached hydrogens (tertiary/aromatic N) is 2. The molecule has 3 rings (SSSR count). The molecule has 1 aromatic heterocycles. The summed E-state index contributed by atoms with van der Waals surface area (Å²) in [6, 6.07) is 8.61. The molecule has 1 amide bonds. The Labute approximate surface area is 133 Å². The maximum absolute atomic E-state index is 12.5. The number of anilines is 1. The van der Waals surface area contributed by atoms with Crippen molar-refractivity contribution in [2.24, 2.45) is 0 Å². The SMILES string of the molecule is COC(=O)c1ccc2c(c1)N(Cc1ccncc1)C(=O)C(C)O2. The van der Waals surface area contributed by atoms with Crippen LogP contribution in [0.25, 0.3) is 0 Å². The van der Waals surface area contributed by atoms with Gasteiger partial charge in [0.15, 0.2) is 6.10 Å². The normalized spacial score (nSPS) is 16.5. The average molecular weight is 312 g/mol. The van der Waals surface area contributed by atoms with Gasteiger partial charge in [-0.1, -0.05) is 0 Å². The van der Waals surface area contributed by atoms with E-state index in [0.717, 1.165) is 5.56 Å². The van der Waals surface area contributed by atoms with E-state index in [2.05, 4.69) is 4.98 Å². The number of pyridine rings is 1. The second kappa shape index (κ2) is 6.08. The molecule has 0 radical (unpaired) electrons. The molecule has 1 aliphatic rings. The summed E-state index contributed by atoms with van der Waals surface area (Å²) >= 11 is 0. The van der Waals surface area contributed by atoms with Gasteiger partial charge in [0.2, 0.25) is 0 Å². The summed E-state index contributed by atoms with van der Waals surface area (Å²) in [4.78, 5) is 29.8. The minimum Gasteiger partial charge on any atom is -0.479 e. The molecule has 0 bridgehead atoms. The number of benzene rings is 1. The van der Waals surface area contributed by atoms with Crippen LogP contribution in [0.15, 0.2) is 42.7 Å². The van der Waals surface area contributed by atoms with E-state index in [1.54, 1.807) is 42.4 Å². The molecule has 2 aromatic rings. The molecule has 2 heterocycles. The Kier molecular flexibility index (Phi) is 3.97. The molecule has 6 heteroatoms. The van der Waals surface area contributed by atoms with Gasteiger partial charge in [-0.3, -0.25) is 9.78 Å². The lowest BCUT2D eigenvalue weighted by molar-refractivity contribution is -0.125. The lowest BCUT2D eigenvalue weighted by Gasteiger charge is -2.33. The molecule has 0 spiro atoms. The number of carbonyl (C=O) groups is 2. The van der Waals surface area contributed by atoms with E-state index in [-0.39, 0.29) is 5.91 Å². The highest BCUT2D eigenvalue weighted by Gasteiger charge is 2.32. The van der Waals surface area contributed by atoms with Crippen molar-refractivity contribution >= 4 is 17.6 Å². The topological polar surface area (TPSA) is 68.7 Å². The van der Waals surface area contributed by atoms with Gasteiger partial charge in [0.05, 0.1) is 24.9 Å². The molecule has 1 aromatic carbocycles. The number of hydrogen-bond donors (Lipinski definition) is 0. The minimum absolute atomic E-state index is 0.156. The van der Waals surface area contributed by atoms with Crippen LogP contribution in [0, 0.1) is 0 Å². The number of aromatic nitrogens is 1. The zero-order valence-electron chi connectivity index (χ0n) is 12.9. The van der Waals surface area contributed by atoms with Gasteiger partial charge in [0, 0.05) is 12.4 Å². The Morgan fingerprint density at radius 1 is 1.30 bits per heavy atom. The third-order valence-corrected chi connectivity index (χ3v) is 3.68. The first-order chi connectivity index (χ1) is 11.1. The van der Waals surface area contributed by atoms with Crippen LogP contribution in [-0.4, -0.2) is 30.1 Å². The van der Waals surface area contributed by atoms with Crippen molar-refractivity contribution < 1.29 is 19.1 Å². The fourth-order valence-corrected chi connectivity index (χ4v) is 2.49. The molecular formula is C17H16N2O4. The van der Waals surface area contributed by atoms with Crippen molar-refractivity contribution in [2.45, 2.75) is 19.6 Å². The lowest BCUT2D eigenvalue weighted by atomic mass is 10.1. The largest absolute Gasteiger partial charge is 0.479 e. The smallest absolute Gasteiger partial charge is 0.337 e. The van der Waals surface area contributed by atoms with E-state index in [4.69, 9.17) is 9.47 Å². The Hall–Kier alpha value is -2.89. The number of fused-ring (bicyclic) bond motifs is 1. The van der Waals surface area contributed by atoms with Crippen molar-refractivity contribution in [1.29, 1.82) is 0 Å². The van der Waals surface area contributed by atoms with Crippen LogP contribution in [0.2, 0.25) is 0 Å². The van der Waals surface area contributed by atoms with Gasteiger partial charge < -0.3 is 14.4 Å². The van der Waals surface area contributed by atoms with Gasteiger partial charge in [-0.05, 0) is 42.8 Å². The van der Waals surface area contributed by atoms with Crippen LogP contribution in [0.3, 0.4) is 0 Å². The molecule has 1 atom stereocenters. The standard InChI is InChI=1S/C17H16N2O4/c1-11-16(20)19(10-12-5-7-18-8-6-12)14-9-13(17(21)22-2)3-4-15(14)23-11/h3-9,11H,10H2,1-2H3. The Morgan fingerprint density at radius 3 is 2.74 bits per heavy atom. The van der Waals surface area contributed by atoms with Crippen LogP contribution in [0.4, 0.5) is 5.69 Å². The summed E-state index contributed by atoms with van der Waals surface area (Å²) in [7, 11) is 1.32. The second-order valence-corrected chi connectivity index (χ2v) is 5.21. The van der Waals surface area contributed by atoms with Crippen molar-refractivity contribution in [2.75, 3.05) is 12.0 Å². The Balaban J connectivity index is 2.01. The van der Waals surface area contributed by atoms with Crippen molar-refractivity contribution in [3.63, 3.8) is 0 Å². The van der Waals surface area contributed by atoms with Crippen molar-refractivity contribution in [3.8, 4) is 5.75 Å². The predicted octanol–water partition coefficient (Wildman–Crippen LogP) is 2.18. The van der Waals surface area contributed by atoms with E-state index in [1.165, 1.54) is 7.11 Å². The first kappa shape index (κ1) is 15.0. The number of esters is 1. The van der Waals surface area contributed by atoms with Gasteiger partial charge >= 0.3 is 5.97 Å². The van der Waals surface area contributed by atoms with Gasteiger partial charge in [0.1, 0.15) is 5.75 Å². The quantitative estimate of drug-likeness (QED) is 0.813. The maximum atomic E-state index is 12.5. The van der Waals surface area contributed by atoms with Gasteiger partial charge in [-0.2, -0.15) is 0 Å². The van der Waals surface area contributed by atoms with Gasteiger partial charge in [-0.15, -0.1) is 0 Å². The summed E-state index contributed by atoms with van der Waals surface area (Å²) in [6.07, 6.45) is 2.78. The van der Waals surface area contributed by atoms with Crippen LogP contribution >= 0.6 is 0 Å². The van der Waals surface area contributed by atoms with E-state index < -0.39 is 12.1 Å². The van der Waals surface area contributed by atoms with E-state index in [0.29, 0.717) is 23.5 Å². The third-order valence-electron chi connectivity index (χ3n) is 3.68. The highest BCUT2D eigenvalue weighted by Crippen LogP contribution is 2.36. The first-order valence-corrected chi connectivity index (χ1v) is 7.19. The zero-order valence-corrected chi connectivity index (χ0v) is 12.9. The summed E-state index contributed by atoms with van der Waals surface area (Å²) in [5.74, 6) is -0.0436. The summed E-state index contributed by atoms with van der Waals surface area (Å²) < 4.78 is 10.4. The van der Waals surface area contributed by atoms with Gasteiger partial charge in [0.25, 0.3) is 5.91 Å². The molecule has 1 aliphatic heterocycles. The zero-order chi connectivity index (χ0) is 16.4. The number of rotatable bonds is 3. The first-order valence-electron chi connectivity index (χ1n) is 7.19. The molecule has 0 saturated heterocycles. The molecule has 1 unspecified atom stereocenters. The molecule has 0 fully saturated rings. The van der Waals surface area contributed by atoms with E-state index >= 15 is 0 Å².